The molecule has 0 unspecified atom stereocenters. The van der Waals surface area contributed by atoms with Gasteiger partial charge in [0.25, 0.3) is 0 Å². The average molecular weight is 333 g/mol. The standard InChI is InChI=1S/C18H27N3O3/c1-18(2,3)17-19-16(20-24-17)12-21(4)10-9-13-7-8-14(22-5)15(11-13)23-6/h7-8,11H,9-10,12H2,1-6H3. The van der Waals surface area contributed by atoms with Gasteiger partial charge < -0.3 is 14.0 Å². The van der Waals surface area contributed by atoms with Gasteiger partial charge in [-0.1, -0.05) is 32.0 Å². The smallest absolute Gasteiger partial charge is 0.232 e. The molecule has 6 heteroatoms. The molecule has 2 aromatic rings. The van der Waals surface area contributed by atoms with Crippen LogP contribution in [-0.4, -0.2) is 42.9 Å². The number of hydrogen-bond acceptors (Lipinski definition) is 6. The van der Waals surface area contributed by atoms with Crippen LogP contribution in [0.5, 0.6) is 11.5 Å². The zero-order valence-electron chi connectivity index (χ0n) is 15.4. The molecule has 0 N–H and O–H groups in total. The zero-order chi connectivity index (χ0) is 17.7. The van der Waals surface area contributed by atoms with Crippen LogP contribution in [0.15, 0.2) is 22.7 Å². The largest absolute Gasteiger partial charge is 0.493 e. The summed E-state index contributed by atoms with van der Waals surface area (Å²) in [6.45, 7) is 7.73. The van der Waals surface area contributed by atoms with Gasteiger partial charge in [-0.15, -0.1) is 0 Å². The van der Waals surface area contributed by atoms with Crippen molar-refractivity contribution in [3.63, 3.8) is 0 Å². The van der Waals surface area contributed by atoms with E-state index in [4.69, 9.17) is 14.0 Å². The van der Waals surface area contributed by atoms with Gasteiger partial charge in [-0.05, 0) is 31.2 Å². The summed E-state index contributed by atoms with van der Waals surface area (Å²) in [5.41, 5.74) is 1.08. The first-order valence-electron chi connectivity index (χ1n) is 8.06. The third-order valence-corrected chi connectivity index (χ3v) is 3.75. The van der Waals surface area contributed by atoms with E-state index >= 15 is 0 Å². The highest BCUT2D eigenvalue weighted by Crippen LogP contribution is 2.27. The molecule has 0 aliphatic heterocycles. The van der Waals surface area contributed by atoms with Crippen molar-refractivity contribution in [3.8, 4) is 11.5 Å². The minimum Gasteiger partial charge on any atom is -0.493 e. The number of rotatable bonds is 7. The third kappa shape index (κ3) is 4.71. The summed E-state index contributed by atoms with van der Waals surface area (Å²) in [6, 6.07) is 6.00. The van der Waals surface area contributed by atoms with E-state index in [2.05, 4.69) is 41.9 Å². The number of likely N-dealkylation sites (N-methyl/N-ethyl adjacent to an activating group) is 1. The monoisotopic (exact) mass is 333 g/mol. The van der Waals surface area contributed by atoms with E-state index in [1.807, 2.05) is 19.2 Å². The lowest BCUT2D eigenvalue weighted by Crippen LogP contribution is -2.21. The molecule has 0 atom stereocenters. The Hall–Kier alpha value is -2.08. The Kier molecular flexibility index (Phi) is 5.83. The molecule has 0 aliphatic carbocycles. The molecule has 1 aromatic carbocycles. The van der Waals surface area contributed by atoms with Crippen molar-refractivity contribution in [1.82, 2.24) is 15.0 Å². The molecule has 0 aliphatic rings. The summed E-state index contributed by atoms with van der Waals surface area (Å²) in [4.78, 5) is 6.65. The number of aromatic nitrogens is 2. The van der Waals surface area contributed by atoms with Crippen molar-refractivity contribution in [2.24, 2.45) is 0 Å². The fourth-order valence-electron chi connectivity index (χ4n) is 2.30. The van der Waals surface area contributed by atoms with E-state index < -0.39 is 0 Å². The van der Waals surface area contributed by atoms with Crippen molar-refractivity contribution in [1.29, 1.82) is 0 Å². The molecule has 0 bridgehead atoms. The SMILES string of the molecule is COc1ccc(CCN(C)Cc2noc(C(C)(C)C)n2)cc1OC. The first-order chi connectivity index (χ1) is 11.3. The Balaban J connectivity index is 1.91. The molecule has 6 nitrogen and oxygen atoms in total. The summed E-state index contributed by atoms with van der Waals surface area (Å²) in [7, 11) is 5.34. The maximum absolute atomic E-state index is 5.34. The lowest BCUT2D eigenvalue weighted by molar-refractivity contribution is 0.298. The molecule has 1 heterocycles. The molecule has 1 aromatic heterocycles. The molecular weight excluding hydrogens is 306 g/mol. The second kappa shape index (κ2) is 7.66. The van der Waals surface area contributed by atoms with Gasteiger partial charge in [-0.25, -0.2) is 0 Å². The van der Waals surface area contributed by atoms with E-state index in [1.165, 1.54) is 5.56 Å². The fraction of sp³-hybridized carbons (Fsp3) is 0.556. The summed E-state index contributed by atoms with van der Waals surface area (Å²) < 4.78 is 15.9. The quantitative estimate of drug-likeness (QED) is 0.776. The van der Waals surface area contributed by atoms with Crippen LogP contribution in [0, 0.1) is 0 Å². The Bertz CT molecular complexity index is 662. The zero-order valence-corrected chi connectivity index (χ0v) is 15.4. The third-order valence-electron chi connectivity index (χ3n) is 3.75. The molecule has 2 rings (SSSR count). The number of benzene rings is 1. The number of hydrogen-bond donors (Lipinski definition) is 0. The fourth-order valence-corrected chi connectivity index (χ4v) is 2.30. The predicted molar refractivity (Wildman–Crippen MR) is 92.6 cm³/mol. The van der Waals surface area contributed by atoms with Crippen molar-refractivity contribution in [2.45, 2.75) is 39.2 Å². The number of nitrogens with zero attached hydrogens (tertiary/aromatic N) is 3. The van der Waals surface area contributed by atoms with Gasteiger partial charge in [0.2, 0.25) is 5.89 Å². The highest BCUT2D eigenvalue weighted by atomic mass is 16.5. The second-order valence-electron chi connectivity index (χ2n) is 6.94. The molecule has 132 valence electrons. The number of methoxy groups -OCH3 is 2. The van der Waals surface area contributed by atoms with Gasteiger partial charge in [0.15, 0.2) is 17.3 Å². The summed E-state index contributed by atoms with van der Waals surface area (Å²) in [5, 5.41) is 4.06. The highest BCUT2D eigenvalue weighted by Gasteiger charge is 2.22. The second-order valence-corrected chi connectivity index (χ2v) is 6.94. The van der Waals surface area contributed by atoms with Crippen molar-refractivity contribution >= 4 is 0 Å². The number of ether oxygens (including phenoxy) is 2. The summed E-state index contributed by atoms with van der Waals surface area (Å²) in [6.07, 6.45) is 0.904. The van der Waals surface area contributed by atoms with Crippen molar-refractivity contribution in [2.75, 3.05) is 27.8 Å². The van der Waals surface area contributed by atoms with Crippen LogP contribution < -0.4 is 9.47 Å². The van der Waals surface area contributed by atoms with Gasteiger partial charge in [-0.2, -0.15) is 4.98 Å². The van der Waals surface area contributed by atoms with E-state index in [9.17, 15) is 0 Å². The van der Waals surface area contributed by atoms with Gasteiger partial charge in [-0.3, -0.25) is 4.90 Å². The van der Waals surface area contributed by atoms with Gasteiger partial charge in [0.1, 0.15) is 0 Å². The maximum Gasteiger partial charge on any atom is 0.232 e. The molecule has 0 radical (unpaired) electrons. The van der Waals surface area contributed by atoms with Crippen LogP contribution in [-0.2, 0) is 18.4 Å². The molecular formula is C18H27N3O3. The lowest BCUT2D eigenvalue weighted by Gasteiger charge is -2.15. The predicted octanol–water partition coefficient (Wildman–Crippen LogP) is 3.06. The van der Waals surface area contributed by atoms with Gasteiger partial charge in [0.05, 0.1) is 20.8 Å². The topological polar surface area (TPSA) is 60.6 Å². The van der Waals surface area contributed by atoms with Crippen LogP contribution >= 0.6 is 0 Å². The average Bonchev–Trinajstić information content (AvgIpc) is 3.01. The molecule has 0 fully saturated rings. The van der Waals surface area contributed by atoms with Crippen LogP contribution in [0.4, 0.5) is 0 Å². The molecule has 0 saturated carbocycles. The minimum atomic E-state index is -0.122. The maximum atomic E-state index is 5.34. The lowest BCUT2D eigenvalue weighted by atomic mass is 9.97. The van der Waals surface area contributed by atoms with Crippen LogP contribution in [0.1, 0.15) is 38.0 Å². The molecule has 0 spiro atoms. The van der Waals surface area contributed by atoms with Crippen LogP contribution in [0.2, 0.25) is 0 Å². The first kappa shape index (κ1) is 18.3. The first-order valence-corrected chi connectivity index (χ1v) is 8.06. The minimum absolute atomic E-state index is 0.122. The van der Waals surface area contributed by atoms with E-state index in [0.717, 1.165) is 30.3 Å². The van der Waals surface area contributed by atoms with E-state index in [0.29, 0.717) is 12.4 Å². The normalized spacial score (nSPS) is 11.8. The Morgan fingerprint density at radius 2 is 1.83 bits per heavy atom. The summed E-state index contributed by atoms with van der Waals surface area (Å²) in [5.74, 6) is 2.89. The Morgan fingerprint density at radius 1 is 1.12 bits per heavy atom. The Morgan fingerprint density at radius 3 is 2.42 bits per heavy atom. The van der Waals surface area contributed by atoms with Gasteiger partial charge >= 0.3 is 0 Å². The molecule has 0 saturated heterocycles. The van der Waals surface area contributed by atoms with Crippen LogP contribution in [0.3, 0.4) is 0 Å². The van der Waals surface area contributed by atoms with E-state index in [-0.39, 0.29) is 5.41 Å². The van der Waals surface area contributed by atoms with Crippen LogP contribution in [0.25, 0.3) is 0 Å². The van der Waals surface area contributed by atoms with Crippen molar-refractivity contribution < 1.29 is 14.0 Å². The Labute approximate surface area is 143 Å². The van der Waals surface area contributed by atoms with E-state index in [1.54, 1.807) is 14.2 Å². The van der Waals surface area contributed by atoms with Gasteiger partial charge in [0, 0.05) is 12.0 Å². The molecule has 0 amide bonds. The summed E-state index contributed by atoms with van der Waals surface area (Å²) >= 11 is 0. The molecule has 24 heavy (non-hydrogen) atoms. The highest BCUT2D eigenvalue weighted by molar-refractivity contribution is 5.42. The van der Waals surface area contributed by atoms with Crippen molar-refractivity contribution in [3.05, 3.63) is 35.5 Å².